The van der Waals surface area contributed by atoms with Gasteiger partial charge < -0.3 is 0 Å². The number of rotatable bonds is 6. The number of thiophene rings is 1. The maximum absolute atomic E-state index is 13.3. The zero-order valence-electron chi connectivity index (χ0n) is 17.7. The van der Waals surface area contributed by atoms with Crippen molar-refractivity contribution < 1.29 is 4.39 Å². The molecule has 2 aromatic heterocycles. The van der Waals surface area contributed by atoms with Crippen LogP contribution in [0.2, 0.25) is 0 Å². The Morgan fingerprint density at radius 1 is 1.00 bits per heavy atom. The molecule has 31 heavy (non-hydrogen) atoms. The molecule has 3 heterocycles. The van der Waals surface area contributed by atoms with Crippen LogP contribution in [0.3, 0.4) is 0 Å². The lowest BCUT2D eigenvalue weighted by Crippen LogP contribution is -2.51. The zero-order chi connectivity index (χ0) is 21.0. The zero-order valence-corrected chi connectivity index (χ0v) is 18.6. The maximum atomic E-state index is 13.3. The van der Waals surface area contributed by atoms with Gasteiger partial charge >= 0.3 is 0 Å². The van der Waals surface area contributed by atoms with E-state index in [0.29, 0.717) is 6.54 Å². The van der Waals surface area contributed by atoms with E-state index in [-0.39, 0.29) is 11.9 Å². The molecule has 0 N–H and O–H groups in total. The third-order valence-corrected chi connectivity index (χ3v) is 7.59. The quantitative estimate of drug-likeness (QED) is 0.581. The highest BCUT2D eigenvalue weighted by Crippen LogP contribution is 2.32. The molecule has 2 aliphatic rings. The molecule has 1 atom stereocenters. The molecule has 6 nitrogen and oxygen atoms in total. The summed E-state index contributed by atoms with van der Waals surface area (Å²) in [4.78, 5) is 6.49. The van der Waals surface area contributed by atoms with E-state index in [9.17, 15) is 4.39 Å². The summed E-state index contributed by atoms with van der Waals surface area (Å²) in [6.45, 7) is 4.77. The minimum absolute atomic E-state index is 0.0453. The van der Waals surface area contributed by atoms with E-state index in [1.54, 1.807) is 23.5 Å². The molecule has 1 aliphatic carbocycles. The molecular weight excluding hydrogens is 411 g/mol. The maximum Gasteiger partial charge on any atom is 0.174 e. The van der Waals surface area contributed by atoms with Crippen molar-refractivity contribution >= 4 is 11.3 Å². The largest absolute Gasteiger partial charge is 0.298 e. The van der Waals surface area contributed by atoms with Crippen LogP contribution < -0.4 is 0 Å². The Hall–Kier alpha value is -2.16. The average molecular weight is 441 g/mol. The van der Waals surface area contributed by atoms with E-state index in [4.69, 9.17) is 0 Å². The molecule has 8 heteroatoms. The summed E-state index contributed by atoms with van der Waals surface area (Å²) >= 11 is 1.75. The van der Waals surface area contributed by atoms with Crippen LogP contribution in [0.5, 0.6) is 0 Å². The molecule has 0 bridgehead atoms. The molecular formula is C23H29FN6S. The van der Waals surface area contributed by atoms with Crippen molar-refractivity contribution in [2.75, 3.05) is 26.2 Å². The summed E-state index contributed by atoms with van der Waals surface area (Å²) in [7, 11) is 0. The Morgan fingerprint density at radius 2 is 1.77 bits per heavy atom. The number of hydrogen-bond donors (Lipinski definition) is 0. The average Bonchev–Trinajstić information content (AvgIpc) is 3.50. The summed E-state index contributed by atoms with van der Waals surface area (Å²) in [5.41, 5.74) is 0.988. The van der Waals surface area contributed by atoms with Crippen molar-refractivity contribution in [2.45, 2.75) is 50.7 Å². The standard InChI is InChI=1S/C23H29FN6S/c24-19-10-8-18(9-11-19)17-30-23(25-26-27-30)22(21-7-4-16-31-21)29-14-12-28(13-15-29)20-5-2-1-3-6-20/h4,7-11,16,20,22H,1-3,5-6,12-15,17H2/t22-/m1/s1. The number of halogens is 1. The Balaban J connectivity index is 1.35. The van der Waals surface area contributed by atoms with E-state index in [2.05, 4.69) is 42.8 Å². The van der Waals surface area contributed by atoms with Gasteiger partial charge in [-0.2, -0.15) is 0 Å². The highest BCUT2D eigenvalue weighted by atomic mass is 32.1. The fraction of sp³-hybridized carbons (Fsp3) is 0.522. The van der Waals surface area contributed by atoms with Gasteiger partial charge in [0.25, 0.3) is 0 Å². The third-order valence-electron chi connectivity index (χ3n) is 6.67. The van der Waals surface area contributed by atoms with Gasteiger partial charge in [0.2, 0.25) is 0 Å². The Labute approximate surface area is 186 Å². The molecule has 3 aromatic rings. The van der Waals surface area contributed by atoms with Gasteiger partial charge in [-0.05, 0) is 52.4 Å². The van der Waals surface area contributed by atoms with Crippen LogP contribution in [-0.4, -0.2) is 62.2 Å². The van der Waals surface area contributed by atoms with Gasteiger partial charge in [0.15, 0.2) is 5.82 Å². The summed E-state index contributed by atoms with van der Waals surface area (Å²) in [5.74, 6) is 0.630. The second-order valence-electron chi connectivity index (χ2n) is 8.60. The van der Waals surface area contributed by atoms with Crippen molar-refractivity contribution in [3.63, 3.8) is 0 Å². The van der Waals surface area contributed by atoms with E-state index >= 15 is 0 Å². The van der Waals surface area contributed by atoms with Gasteiger partial charge in [-0.1, -0.05) is 37.5 Å². The van der Waals surface area contributed by atoms with Crippen LogP contribution in [0, 0.1) is 5.82 Å². The molecule has 1 aliphatic heterocycles. The molecule has 1 saturated carbocycles. The van der Waals surface area contributed by atoms with Gasteiger partial charge in [-0.3, -0.25) is 9.80 Å². The Bertz CT molecular complexity index is 943. The van der Waals surface area contributed by atoms with Crippen molar-refractivity contribution in [1.82, 2.24) is 30.0 Å². The molecule has 0 radical (unpaired) electrons. The van der Waals surface area contributed by atoms with Crippen LogP contribution in [0.15, 0.2) is 41.8 Å². The number of nitrogens with zero attached hydrogens (tertiary/aromatic N) is 6. The predicted molar refractivity (Wildman–Crippen MR) is 120 cm³/mol. The number of benzene rings is 1. The van der Waals surface area contributed by atoms with Gasteiger partial charge in [-0.15, -0.1) is 16.4 Å². The van der Waals surface area contributed by atoms with Crippen LogP contribution in [0.25, 0.3) is 0 Å². The molecule has 2 fully saturated rings. The van der Waals surface area contributed by atoms with Crippen molar-refractivity contribution in [1.29, 1.82) is 0 Å². The predicted octanol–water partition coefficient (Wildman–Crippen LogP) is 3.96. The molecule has 1 aromatic carbocycles. The summed E-state index contributed by atoms with van der Waals surface area (Å²) in [6.07, 6.45) is 6.85. The molecule has 0 amide bonds. The molecule has 1 saturated heterocycles. The molecule has 0 unspecified atom stereocenters. The first-order chi connectivity index (χ1) is 15.3. The lowest BCUT2D eigenvalue weighted by atomic mass is 9.93. The molecule has 5 rings (SSSR count). The van der Waals surface area contributed by atoms with Crippen LogP contribution in [-0.2, 0) is 6.54 Å². The van der Waals surface area contributed by atoms with Crippen molar-refractivity contribution in [3.8, 4) is 0 Å². The topological polar surface area (TPSA) is 50.1 Å². The second-order valence-corrected chi connectivity index (χ2v) is 9.58. The minimum Gasteiger partial charge on any atom is -0.298 e. The summed E-state index contributed by atoms with van der Waals surface area (Å²) in [6, 6.07) is 11.7. The van der Waals surface area contributed by atoms with Gasteiger partial charge in [0.1, 0.15) is 11.9 Å². The summed E-state index contributed by atoms with van der Waals surface area (Å²) < 4.78 is 15.2. The van der Waals surface area contributed by atoms with E-state index in [1.165, 1.54) is 49.1 Å². The highest BCUT2D eigenvalue weighted by molar-refractivity contribution is 7.10. The third kappa shape index (κ3) is 4.71. The van der Waals surface area contributed by atoms with Crippen molar-refractivity contribution in [3.05, 3.63) is 63.9 Å². The number of tetrazole rings is 1. The Morgan fingerprint density at radius 3 is 2.48 bits per heavy atom. The number of piperazine rings is 1. The fourth-order valence-corrected chi connectivity index (χ4v) is 5.86. The van der Waals surface area contributed by atoms with E-state index in [1.807, 2.05) is 4.68 Å². The second kappa shape index (κ2) is 9.54. The van der Waals surface area contributed by atoms with Gasteiger partial charge in [-0.25, -0.2) is 9.07 Å². The van der Waals surface area contributed by atoms with Gasteiger partial charge in [0.05, 0.1) is 6.54 Å². The van der Waals surface area contributed by atoms with E-state index in [0.717, 1.165) is 43.6 Å². The molecule has 0 spiro atoms. The van der Waals surface area contributed by atoms with Crippen LogP contribution in [0.1, 0.15) is 54.4 Å². The van der Waals surface area contributed by atoms with Crippen molar-refractivity contribution in [2.24, 2.45) is 0 Å². The molecule has 164 valence electrons. The minimum atomic E-state index is -0.229. The van der Waals surface area contributed by atoms with Crippen LogP contribution in [0.4, 0.5) is 4.39 Å². The van der Waals surface area contributed by atoms with Crippen LogP contribution >= 0.6 is 11.3 Å². The first-order valence-corrected chi connectivity index (χ1v) is 12.2. The first kappa shape index (κ1) is 20.7. The first-order valence-electron chi connectivity index (χ1n) is 11.3. The lowest BCUT2D eigenvalue weighted by Gasteiger charge is -2.42. The lowest BCUT2D eigenvalue weighted by molar-refractivity contribution is 0.0628. The number of aromatic nitrogens is 4. The van der Waals surface area contributed by atoms with E-state index < -0.39 is 0 Å². The monoisotopic (exact) mass is 440 g/mol. The smallest absolute Gasteiger partial charge is 0.174 e. The fourth-order valence-electron chi connectivity index (χ4n) is 5.01. The number of hydrogen-bond acceptors (Lipinski definition) is 6. The Kier molecular flexibility index (Phi) is 6.38. The SMILES string of the molecule is Fc1ccc(Cn2nnnc2[C@@H](c2cccs2)N2CCN(C3CCCCC3)CC2)cc1. The highest BCUT2D eigenvalue weighted by Gasteiger charge is 2.33. The summed E-state index contributed by atoms with van der Waals surface area (Å²) in [5, 5.41) is 14.9. The van der Waals surface area contributed by atoms with Gasteiger partial charge in [0, 0.05) is 37.1 Å². The normalized spacial score (nSPS) is 20.2.